The van der Waals surface area contributed by atoms with Crippen LogP contribution >= 0.6 is 24.0 Å². The third-order valence-corrected chi connectivity index (χ3v) is 4.42. The van der Waals surface area contributed by atoms with Crippen molar-refractivity contribution in [3.8, 4) is 0 Å². The van der Waals surface area contributed by atoms with E-state index in [0.717, 1.165) is 41.3 Å². The lowest BCUT2D eigenvalue weighted by atomic mass is 10.1. The molecular formula is C20H22IN7. The van der Waals surface area contributed by atoms with Crippen LogP contribution in [0.1, 0.15) is 11.4 Å². The molecule has 0 saturated carbocycles. The van der Waals surface area contributed by atoms with Gasteiger partial charge >= 0.3 is 0 Å². The van der Waals surface area contributed by atoms with Crippen LogP contribution < -0.4 is 10.6 Å². The average Bonchev–Trinajstić information content (AvgIpc) is 3.14. The van der Waals surface area contributed by atoms with Gasteiger partial charge in [0.05, 0.1) is 12.1 Å². The van der Waals surface area contributed by atoms with Gasteiger partial charge in [-0.2, -0.15) is 0 Å². The Morgan fingerprint density at radius 2 is 1.93 bits per heavy atom. The molecule has 0 spiro atoms. The lowest BCUT2D eigenvalue weighted by Crippen LogP contribution is -2.38. The lowest BCUT2D eigenvalue weighted by molar-refractivity contribution is 0.758. The maximum Gasteiger partial charge on any atom is 0.191 e. The minimum atomic E-state index is 0. The molecule has 2 N–H and O–H groups in total. The molecule has 0 aliphatic carbocycles. The van der Waals surface area contributed by atoms with E-state index in [0.29, 0.717) is 6.54 Å². The Labute approximate surface area is 180 Å². The lowest BCUT2D eigenvalue weighted by Gasteiger charge is -2.12. The zero-order valence-electron chi connectivity index (χ0n) is 15.5. The number of nitrogens with one attached hydrogen (secondary N) is 2. The molecular weight excluding hydrogens is 465 g/mol. The first kappa shape index (κ1) is 20.0. The van der Waals surface area contributed by atoms with E-state index in [2.05, 4.69) is 55.1 Å². The molecule has 0 unspecified atom stereocenters. The van der Waals surface area contributed by atoms with Crippen molar-refractivity contribution >= 4 is 46.5 Å². The predicted molar refractivity (Wildman–Crippen MR) is 122 cm³/mol. The van der Waals surface area contributed by atoms with Gasteiger partial charge in [0.15, 0.2) is 17.4 Å². The van der Waals surface area contributed by atoms with Crippen LogP contribution in [-0.4, -0.2) is 39.1 Å². The highest BCUT2D eigenvalue weighted by atomic mass is 127. The molecule has 0 fully saturated rings. The molecule has 4 rings (SSSR count). The summed E-state index contributed by atoms with van der Waals surface area (Å²) in [4.78, 5) is 8.79. The van der Waals surface area contributed by atoms with Gasteiger partial charge in [-0.1, -0.05) is 30.3 Å². The van der Waals surface area contributed by atoms with E-state index in [1.54, 1.807) is 7.05 Å². The Morgan fingerprint density at radius 3 is 2.82 bits per heavy atom. The third-order valence-electron chi connectivity index (χ3n) is 4.42. The summed E-state index contributed by atoms with van der Waals surface area (Å²) in [5, 5.41) is 16.2. The van der Waals surface area contributed by atoms with Gasteiger partial charge < -0.3 is 10.6 Å². The van der Waals surface area contributed by atoms with Gasteiger partial charge in [0, 0.05) is 31.4 Å². The molecule has 0 atom stereocenters. The van der Waals surface area contributed by atoms with Crippen LogP contribution in [0.5, 0.6) is 0 Å². The Kier molecular flexibility index (Phi) is 6.75. The predicted octanol–water partition coefficient (Wildman–Crippen LogP) is 2.80. The van der Waals surface area contributed by atoms with Crippen LogP contribution in [0.4, 0.5) is 0 Å². The van der Waals surface area contributed by atoms with Gasteiger partial charge in [-0.3, -0.25) is 14.4 Å². The van der Waals surface area contributed by atoms with Gasteiger partial charge in [0.2, 0.25) is 0 Å². The summed E-state index contributed by atoms with van der Waals surface area (Å²) < 4.78 is 1.96. The minimum Gasteiger partial charge on any atom is -0.356 e. The molecule has 0 radical (unpaired) electrons. The largest absolute Gasteiger partial charge is 0.356 e. The molecule has 28 heavy (non-hydrogen) atoms. The topological polar surface area (TPSA) is 79.5 Å². The number of nitrogens with zero attached hydrogens (tertiary/aromatic N) is 5. The number of hydrogen-bond acceptors (Lipinski definition) is 4. The Hall–Kier alpha value is -2.75. The molecule has 0 aliphatic rings. The van der Waals surface area contributed by atoms with Gasteiger partial charge in [0.1, 0.15) is 0 Å². The molecule has 0 saturated heterocycles. The quantitative estimate of drug-likeness (QED) is 0.257. The fourth-order valence-corrected chi connectivity index (χ4v) is 3.08. The van der Waals surface area contributed by atoms with Gasteiger partial charge in [-0.25, -0.2) is 0 Å². The number of aromatic nitrogens is 4. The molecule has 3 heterocycles. The molecule has 0 amide bonds. The molecule has 8 heteroatoms. The SMILES string of the molecule is CN=C(NCCc1cccc2cccnc12)NCc1nnc2ccccn12.I. The van der Waals surface area contributed by atoms with Crippen molar-refractivity contribution in [3.05, 3.63) is 72.3 Å². The summed E-state index contributed by atoms with van der Waals surface area (Å²) in [7, 11) is 1.76. The molecule has 3 aromatic heterocycles. The summed E-state index contributed by atoms with van der Waals surface area (Å²) >= 11 is 0. The van der Waals surface area contributed by atoms with E-state index in [-0.39, 0.29) is 24.0 Å². The molecule has 0 bridgehead atoms. The van der Waals surface area contributed by atoms with Crippen LogP contribution in [0, 0.1) is 0 Å². The Balaban J connectivity index is 0.00000225. The number of fused-ring (bicyclic) bond motifs is 2. The number of guanidine groups is 1. The number of halogens is 1. The van der Waals surface area contributed by atoms with E-state index >= 15 is 0 Å². The second-order valence-corrected chi connectivity index (χ2v) is 6.14. The number of pyridine rings is 2. The molecule has 4 aromatic rings. The maximum absolute atomic E-state index is 4.51. The number of aliphatic imine (C=N–C) groups is 1. The third kappa shape index (κ3) is 4.38. The van der Waals surface area contributed by atoms with Crippen molar-refractivity contribution in [1.29, 1.82) is 0 Å². The summed E-state index contributed by atoms with van der Waals surface area (Å²) in [6.07, 6.45) is 4.65. The first-order valence-electron chi connectivity index (χ1n) is 8.91. The maximum atomic E-state index is 4.51. The fourth-order valence-electron chi connectivity index (χ4n) is 3.08. The highest BCUT2D eigenvalue weighted by Crippen LogP contribution is 2.15. The van der Waals surface area contributed by atoms with Crippen molar-refractivity contribution in [2.45, 2.75) is 13.0 Å². The number of hydrogen-bond donors (Lipinski definition) is 2. The molecule has 1 aromatic carbocycles. The highest BCUT2D eigenvalue weighted by Gasteiger charge is 2.06. The van der Waals surface area contributed by atoms with Crippen molar-refractivity contribution in [1.82, 2.24) is 30.2 Å². The molecule has 7 nitrogen and oxygen atoms in total. The Morgan fingerprint density at radius 1 is 1.04 bits per heavy atom. The first-order valence-corrected chi connectivity index (χ1v) is 8.91. The zero-order chi connectivity index (χ0) is 18.5. The monoisotopic (exact) mass is 487 g/mol. The van der Waals surface area contributed by atoms with Crippen molar-refractivity contribution in [2.24, 2.45) is 4.99 Å². The number of rotatable bonds is 5. The summed E-state index contributed by atoms with van der Waals surface area (Å²) in [6.45, 7) is 1.30. The van der Waals surface area contributed by atoms with Crippen LogP contribution in [0.25, 0.3) is 16.6 Å². The highest BCUT2D eigenvalue weighted by molar-refractivity contribution is 14.0. The first-order chi connectivity index (χ1) is 13.3. The standard InChI is InChI=1S/C20H21N7.HI/c1-21-20(24-14-18-26-25-17-9-2-3-13-27(17)18)23-12-10-16-7-4-6-15-8-5-11-22-19(15)16;/h2-9,11,13H,10,12,14H2,1H3,(H2,21,23,24);1H. The second kappa shape index (κ2) is 9.45. The molecule has 0 aliphatic heterocycles. The smallest absolute Gasteiger partial charge is 0.191 e. The van der Waals surface area contributed by atoms with E-state index in [1.165, 1.54) is 5.56 Å². The van der Waals surface area contributed by atoms with Gasteiger partial charge in [-0.15, -0.1) is 34.2 Å². The summed E-state index contributed by atoms with van der Waals surface area (Å²) in [5.74, 6) is 1.57. The normalized spacial score (nSPS) is 11.4. The van der Waals surface area contributed by atoms with Crippen molar-refractivity contribution < 1.29 is 0 Å². The number of para-hydroxylation sites is 1. The summed E-state index contributed by atoms with van der Waals surface area (Å²) in [5.41, 5.74) is 3.11. The van der Waals surface area contributed by atoms with Crippen molar-refractivity contribution in [2.75, 3.05) is 13.6 Å². The van der Waals surface area contributed by atoms with E-state index in [9.17, 15) is 0 Å². The number of benzene rings is 1. The van der Waals surface area contributed by atoms with Crippen LogP contribution in [0.2, 0.25) is 0 Å². The van der Waals surface area contributed by atoms with E-state index in [1.807, 2.05) is 41.1 Å². The van der Waals surface area contributed by atoms with Crippen LogP contribution in [-0.2, 0) is 13.0 Å². The zero-order valence-corrected chi connectivity index (χ0v) is 17.9. The van der Waals surface area contributed by atoms with Gasteiger partial charge in [-0.05, 0) is 30.2 Å². The van der Waals surface area contributed by atoms with Crippen molar-refractivity contribution in [3.63, 3.8) is 0 Å². The van der Waals surface area contributed by atoms with E-state index in [4.69, 9.17) is 0 Å². The Bertz CT molecular complexity index is 1080. The van der Waals surface area contributed by atoms with Crippen LogP contribution in [0.15, 0.2) is 65.9 Å². The molecule has 144 valence electrons. The van der Waals surface area contributed by atoms with Gasteiger partial charge in [0.25, 0.3) is 0 Å². The average molecular weight is 487 g/mol. The minimum absolute atomic E-state index is 0. The van der Waals surface area contributed by atoms with E-state index < -0.39 is 0 Å². The summed E-state index contributed by atoms with van der Waals surface area (Å²) in [6, 6.07) is 16.2. The second-order valence-electron chi connectivity index (χ2n) is 6.14. The fraction of sp³-hybridized carbons (Fsp3) is 0.200. The van der Waals surface area contributed by atoms with Crippen LogP contribution in [0.3, 0.4) is 0 Å².